The Morgan fingerprint density at radius 3 is 2.35 bits per heavy atom. The smallest absolute Gasteiger partial charge is 0.265 e. The van der Waals surface area contributed by atoms with Gasteiger partial charge in [0.25, 0.3) is 5.91 Å². The van der Waals surface area contributed by atoms with Crippen molar-refractivity contribution >= 4 is 11.6 Å². The van der Waals surface area contributed by atoms with E-state index < -0.39 is 23.6 Å². The number of hydrogen-bond donors (Lipinski definition) is 1. The molecule has 0 aliphatic heterocycles. The zero-order chi connectivity index (χ0) is 16.8. The highest BCUT2D eigenvalue weighted by molar-refractivity contribution is 5.94. The van der Waals surface area contributed by atoms with Crippen LogP contribution in [0.5, 0.6) is 11.5 Å². The van der Waals surface area contributed by atoms with Crippen molar-refractivity contribution < 1.29 is 23.0 Å². The van der Waals surface area contributed by atoms with Gasteiger partial charge < -0.3 is 14.8 Å². The van der Waals surface area contributed by atoms with E-state index >= 15 is 0 Å². The molecule has 0 saturated carbocycles. The molecule has 2 rings (SSSR count). The van der Waals surface area contributed by atoms with E-state index in [2.05, 4.69) is 5.32 Å². The first-order chi connectivity index (χ1) is 11.0. The Bertz CT molecular complexity index is 674. The third-order valence-electron chi connectivity index (χ3n) is 3.00. The Morgan fingerprint density at radius 1 is 1.09 bits per heavy atom. The Balaban J connectivity index is 1.95. The minimum Gasteiger partial charge on any atom is -0.494 e. The highest BCUT2D eigenvalue weighted by atomic mass is 19.2. The fourth-order valence-corrected chi connectivity index (χ4v) is 1.86. The van der Waals surface area contributed by atoms with Gasteiger partial charge >= 0.3 is 0 Å². The molecular formula is C17H17F2NO3. The average molecular weight is 321 g/mol. The number of nitrogens with one attached hydrogen (secondary N) is 1. The van der Waals surface area contributed by atoms with E-state index in [9.17, 15) is 13.6 Å². The normalized spacial score (nSPS) is 11.7. The van der Waals surface area contributed by atoms with Crippen molar-refractivity contribution in [3.63, 3.8) is 0 Å². The molecule has 6 heteroatoms. The quantitative estimate of drug-likeness (QED) is 0.881. The zero-order valence-corrected chi connectivity index (χ0v) is 12.8. The summed E-state index contributed by atoms with van der Waals surface area (Å²) in [5.41, 5.74) is 0.163. The van der Waals surface area contributed by atoms with Crippen LogP contribution < -0.4 is 14.8 Å². The average Bonchev–Trinajstić information content (AvgIpc) is 2.53. The summed E-state index contributed by atoms with van der Waals surface area (Å²) in [6, 6.07) is 9.98. The van der Waals surface area contributed by atoms with Crippen LogP contribution in [0.1, 0.15) is 13.8 Å². The molecule has 0 fully saturated rings. The van der Waals surface area contributed by atoms with E-state index in [0.717, 1.165) is 12.1 Å². The largest absolute Gasteiger partial charge is 0.494 e. The third-order valence-corrected chi connectivity index (χ3v) is 3.00. The van der Waals surface area contributed by atoms with Gasteiger partial charge in [-0.2, -0.15) is 0 Å². The van der Waals surface area contributed by atoms with Gasteiger partial charge in [0.2, 0.25) is 0 Å². The van der Waals surface area contributed by atoms with Crippen LogP contribution in [0.4, 0.5) is 14.5 Å². The fourth-order valence-electron chi connectivity index (χ4n) is 1.86. The number of halogens is 2. The van der Waals surface area contributed by atoms with Crippen molar-refractivity contribution in [1.82, 2.24) is 0 Å². The van der Waals surface area contributed by atoms with Crippen molar-refractivity contribution in [1.29, 1.82) is 0 Å². The van der Waals surface area contributed by atoms with Crippen molar-refractivity contribution in [2.45, 2.75) is 20.0 Å². The van der Waals surface area contributed by atoms with Crippen LogP contribution >= 0.6 is 0 Å². The van der Waals surface area contributed by atoms with Crippen LogP contribution in [0.3, 0.4) is 0 Å². The summed E-state index contributed by atoms with van der Waals surface area (Å²) in [7, 11) is 0. The van der Waals surface area contributed by atoms with Gasteiger partial charge in [0.1, 0.15) is 11.5 Å². The topological polar surface area (TPSA) is 47.6 Å². The molecule has 1 N–H and O–H groups in total. The van der Waals surface area contributed by atoms with Gasteiger partial charge in [0.15, 0.2) is 17.7 Å². The summed E-state index contributed by atoms with van der Waals surface area (Å²) in [6.45, 7) is 4.01. The maximum atomic E-state index is 13.1. The van der Waals surface area contributed by atoms with Crippen LogP contribution in [0.25, 0.3) is 0 Å². The van der Waals surface area contributed by atoms with Crippen LogP contribution in [0.2, 0.25) is 0 Å². The Kier molecular flexibility index (Phi) is 5.51. The molecule has 4 nitrogen and oxygen atoms in total. The fraction of sp³-hybridized carbons (Fsp3) is 0.235. The first-order valence-corrected chi connectivity index (χ1v) is 7.15. The lowest BCUT2D eigenvalue weighted by atomic mass is 10.2. The predicted octanol–water partition coefficient (Wildman–Crippen LogP) is 3.77. The van der Waals surface area contributed by atoms with Crippen molar-refractivity contribution in [3.8, 4) is 11.5 Å². The van der Waals surface area contributed by atoms with Crippen LogP contribution in [0, 0.1) is 11.6 Å². The van der Waals surface area contributed by atoms with Crippen molar-refractivity contribution in [2.75, 3.05) is 11.9 Å². The number of anilines is 1. The minimum atomic E-state index is -1.03. The molecule has 2 aromatic rings. The summed E-state index contributed by atoms with van der Waals surface area (Å²) in [6.07, 6.45) is -0.805. The number of amides is 1. The molecule has 1 amide bonds. The second-order valence-corrected chi connectivity index (χ2v) is 4.78. The molecule has 0 spiro atoms. The lowest BCUT2D eigenvalue weighted by molar-refractivity contribution is -0.122. The first-order valence-electron chi connectivity index (χ1n) is 7.15. The molecule has 0 saturated heterocycles. The minimum absolute atomic E-state index is 0.163. The van der Waals surface area contributed by atoms with Gasteiger partial charge in [-0.15, -0.1) is 0 Å². The molecule has 0 radical (unpaired) electrons. The summed E-state index contributed by atoms with van der Waals surface area (Å²) >= 11 is 0. The van der Waals surface area contributed by atoms with Crippen molar-refractivity contribution in [2.24, 2.45) is 0 Å². The van der Waals surface area contributed by atoms with E-state index in [0.29, 0.717) is 18.1 Å². The number of carbonyl (C=O) groups excluding carboxylic acids is 1. The number of ether oxygens (including phenoxy) is 2. The number of rotatable bonds is 6. The molecule has 122 valence electrons. The number of carbonyl (C=O) groups is 1. The molecule has 1 atom stereocenters. The predicted molar refractivity (Wildman–Crippen MR) is 82.7 cm³/mol. The second-order valence-electron chi connectivity index (χ2n) is 4.78. The molecule has 0 aliphatic rings. The van der Waals surface area contributed by atoms with Gasteiger partial charge in [0.05, 0.1) is 6.61 Å². The molecule has 0 bridgehead atoms. The molecular weight excluding hydrogens is 304 g/mol. The summed E-state index contributed by atoms with van der Waals surface area (Å²) < 4.78 is 36.8. The highest BCUT2D eigenvalue weighted by Gasteiger charge is 2.15. The summed E-state index contributed by atoms with van der Waals surface area (Å²) in [5, 5.41) is 2.47. The second kappa shape index (κ2) is 7.58. The standard InChI is InChI=1S/C17H17F2NO3/c1-3-22-13-5-7-14(8-6-13)23-11(2)17(21)20-12-4-9-15(18)16(19)10-12/h4-11H,3H2,1-2H3,(H,20,21). The van der Waals surface area contributed by atoms with Crippen molar-refractivity contribution in [3.05, 3.63) is 54.1 Å². The maximum absolute atomic E-state index is 13.1. The Hall–Kier alpha value is -2.63. The Labute approximate surface area is 133 Å². The van der Waals surface area contributed by atoms with Gasteiger partial charge in [-0.1, -0.05) is 0 Å². The van der Waals surface area contributed by atoms with Crippen LogP contribution in [-0.2, 0) is 4.79 Å². The molecule has 0 aromatic heterocycles. The SMILES string of the molecule is CCOc1ccc(OC(C)C(=O)Nc2ccc(F)c(F)c2)cc1. The molecule has 23 heavy (non-hydrogen) atoms. The zero-order valence-electron chi connectivity index (χ0n) is 12.8. The molecule has 2 aromatic carbocycles. The molecule has 1 unspecified atom stereocenters. The van der Waals surface area contributed by atoms with Gasteiger partial charge in [-0.25, -0.2) is 8.78 Å². The number of benzene rings is 2. The maximum Gasteiger partial charge on any atom is 0.265 e. The summed E-state index contributed by atoms with van der Waals surface area (Å²) in [5.74, 6) is -1.26. The van der Waals surface area contributed by atoms with Gasteiger partial charge in [-0.05, 0) is 50.2 Å². The summed E-state index contributed by atoms with van der Waals surface area (Å²) in [4.78, 5) is 12.0. The van der Waals surface area contributed by atoms with E-state index in [4.69, 9.17) is 9.47 Å². The highest BCUT2D eigenvalue weighted by Crippen LogP contribution is 2.19. The van der Waals surface area contributed by atoms with Gasteiger partial charge in [0, 0.05) is 11.8 Å². The third kappa shape index (κ3) is 4.67. The molecule has 0 aliphatic carbocycles. The van der Waals surface area contributed by atoms with Crippen LogP contribution in [0.15, 0.2) is 42.5 Å². The monoisotopic (exact) mass is 321 g/mol. The van der Waals surface area contributed by atoms with Crippen LogP contribution in [-0.4, -0.2) is 18.6 Å². The lowest BCUT2D eigenvalue weighted by Gasteiger charge is -2.15. The van der Waals surface area contributed by atoms with E-state index in [1.54, 1.807) is 31.2 Å². The Morgan fingerprint density at radius 2 is 1.74 bits per heavy atom. The first kappa shape index (κ1) is 16.7. The lowest BCUT2D eigenvalue weighted by Crippen LogP contribution is -2.30. The van der Waals surface area contributed by atoms with Gasteiger partial charge in [-0.3, -0.25) is 4.79 Å². The number of hydrogen-bond acceptors (Lipinski definition) is 3. The van der Waals surface area contributed by atoms with E-state index in [1.807, 2.05) is 6.92 Å². The van der Waals surface area contributed by atoms with E-state index in [1.165, 1.54) is 6.07 Å². The van der Waals surface area contributed by atoms with E-state index in [-0.39, 0.29) is 5.69 Å². The molecule has 0 heterocycles.